The van der Waals surface area contributed by atoms with E-state index in [1.165, 1.54) is 5.56 Å². The predicted octanol–water partition coefficient (Wildman–Crippen LogP) is 4.01. The Hall–Kier alpha value is -2.39. The van der Waals surface area contributed by atoms with Crippen LogP contribution in [-0.4, -0.2) is 11.0 Å². The van der Waals surface area contributed by atoms with Crippen molar-refractivity contribution in [2.45, 2.75) is 32.9 Å². The number of aromatic nitrogens is 1. The minimum Gasteiger partial charge on any atom is -0.489 e. The average Bonchev–Trinajstić information content (AvgIpc) is 2.53. The molecule has 3 aromatic rings. The molecule has 0 saturated heterocycles. The van der Waals surface area contributed by atoms with Crippen molar-refractivity contribution in [3.63, 3.8) is 0 Å². The van der Waals surface area contributed by atoms with E-state index in [0.717, 1.165) is 34.3 Å². The van der Waals surface area contributed by atoms with E-state index in [1.807, 2.05) is 37.3 Å². The largest absolute Gasteiger partial charge is 0.489 e. The van der Waals surface area contributed by atoms with Crippen LogP contribution in [0.25, 0.3) is 10.9 Å². The van der Waals surface area contributed by atoms with Crippen LogP contribution < -0.4 is 10.5 Å². The summed E-state index contributed by atoms with van der Waals surface area (Å²) in [5.74, 6) is 0.867. The van der Waals surface area contributed by atoms with Gasteiger partial charge >= 0.3 is 0 Å². The van der Waals surface area contributed by atoms with E-state index < -0.39 is 0 Å². The number of fused-ring (bicyclic) bond motifs is 1. The van der Waals surface area contributed by atoms with Crippen LogP contribution in [0.5, 0.6) is 5.75 Å². The van der Waals surface area contributed by atoms with Gasteiger partial charge in [-0.2, -0.15) is 0 Å². The number of benzene rings is 2. The standard InChI is InChI=1S/C20H22N2O/c1-14-10-17(11-15(2)21)22-20-9-8-18(12-19(14)20)23-13-16-6-4-3-5-7-16/h3-10,12,15H,11,13,21H2,1-2H3. The van der Waals surface area contributed by atoms with Crippen LogP contribution in [0, 0.1) is 6.92 Å². The number of pyridine rings is 1. The summed E-state index contributed by atoms with van der Waals surface area (Å²) in [6, 6.07) is 18.5. The van der Waals surface area contributed by atoms with Crippen molar-refractivity contribution < 1.29 is 4.74 Å². The fourth-order valence-corrected chi connectivity index (χ4v) is 2.71. The Morgan fingerprint density at radius 1 is 1.09 bits per heavy atom. The van der Waals surface area contributed by atoms with Crippen molar-refractivity contribution in [3.05, 3.63) is 71.4 Å². The Bertz CT molecular complexity index is 797. The Labute approximate surface area is 137 Å². The number of hydrogen-bond donors (Lipinski definition) is 1. The highest BCUT2D eigenvalue weighted by molar-refractivity contribution is 5.83. The minimum absolute atomic E-state index is 0.118. The Morgan fingerprint density at radius 3 is 2.61 bits per heavy atom. The molecular weight excluding hydrogens is 284 g/mol. The molecule has 1 heterocycles. The SMILES string of the molecule is Cc1cc(CC(C)N)nc2ccc(OCc3ccccc3)cc12. The molecule has 1 unspecified atom stereocenters. The topological polar surface area (TPSA) is 48.1 Å². The van der Waals surface area contributed by atoms with Gasteiger partial charge in [0, 0.05) is 23.5 Å². The summed E-state index contributed by atoms with van der Waals surface area (Å²) in [5, 5.41) is 1.13. The zero-order chi connectivity index (χ0) is 16.2. The van der Waals surface area contributed by atoms with E-state index >= 15 is 0 Å². The van der Waals surface area contributed by atoms with Gasteiger partial charge in [-0.25, -0.2) is 0 Å². The molecule has 0 aliphatic carbocycles. The highest BCUT2D eigenvalue weighted by Crippen LogP contribution is 2.24. The quantitative estimate of drug-likeness (QED) is 0.774. The van der Waals surface area contributed by atoms with Gasteiger partial charge in [-0.05, 0) is 49.2 Å². The van der Waals surface area contributed by atoms with Crippen LogP contribution in [-0.2, 0) is 13.0 Å². The van der Waals surface area contributed by atoms with E-state index in [1.54, 1.807) is 0 Å². The highest BCUT2D eigenvalue weighted by atomic mass is 16.5. The smallest absolute Gasteiger partial charge is 0.120 e. The van der Waals surface area contributed by atoms with Gasteiger partial charge in [-0.3, -0.25) is 4.98 Å². The first-order valence-corrected chi connectivity index (χ1v) is 7.94. The number of nitrogens with two attached hydrogens (primary N) is 1. The van der Waals surface area contributed by atoms with Crippen molar-refractivity contribution in [2.24, 2.45) is 5.73 Å². The molecule has 2 aromatic carbocycles. The molecular formula is C20H22N2O. The summed E-state index contributed by atoms with van der Waals surface area (Å²) in [6.07, 6.45) is 0.795. The molecule has 118 valence electrons. The molecule has 0 fully saturated rings. The maximum Gasteiger partial charge on any atom is 0.120 e. The number of aryl methyl sites for hydroxylation is 1. The van der Waals surface area contributed by atoms with Crippen LogP contribution in [0.1, 0.15) is 23.7 Å². The van der Waals surface area contributed by atoms with E-state index in [9.17, 15) is 0 Å². The fraction of sp³-hybridized carbons (Fsp3) is 0.250. The number of ether oxygens (including phenoxy) is 1. The van der Waals surface area contributed by atoms with Crippen LogP contribution in [0.15, 0.2) is 54.6 Å². The number of hydrogen-bond acceptors (Lipinski definition) is 3. The minimum atomic E-state index is 0.118. The summed E-state index contributed by atoms with van der Waals surface area (Å²) >= 11 is 0. The van der Waals surface area contributed by atoms with Crippen molar-refractivity contribution in [1.29, 1.82) is 0 Å². The molecule has 0 spiro atoms. The highest BCUT2D eigenvalue weighted by Gasteiger charge is 2.06. The molecule has 1 atom stereocenters. The maximum atomic E-state index is 5.90. The monoisotopic (exact) mass is 306 g/mol. The van der Waals surface area contributed by atoms with E-state index in [2.05, 4.69) is 31.2 Å². The van der Waals surface area contributed by atoms with Crippen LogP contribution in [0.3, 0.4) is 0 Å². The van der Waals surface area contributed by atoms with Crippen molar-refractivity contribution >= 4 is 10.9 Å². The second-order valence-electron chi connectivity index (χ2n) is 6.07. The lowest BCUT2D eigenvalue weighted by Gasteiger charge is -2.11. The molecule has 3 rings (SSSR count). The summed E-state index contributed by atoms with van der Waals surface area (Å²) < 4.78 is 5.90. The first kappa shape index (κ1) is 15.5. The van der Waals surface area contributed by atoms with Gasteiger partial charge in [-0.1, -0.05) is 30.3 Å². The normalized spacial score (nSPS) is 12.3. The average molecular weight is 306 g/mol. The van der Waals surface area contributed by atoms with E-state index in [-0.39, 0.29) is 6.04 Å². The van der Waals surface area contributed by atoms with Gasteiger partial charge < -0.3 is 10.5 Å². The third-order valence-electron chi connectivity index (χ3n) is 3.82. The zero-order valence-corrected chi connectivity index (χ0v) is 13.6. The first-order valence-electron chi connectivity index (χ1n) is 7.94. The van der Waals surface area contributed by atoms with Gasteiger partial charge in [0.2, 0.25) is 0 Å². The molecule has 3 heteroatoms. The molecule has 0 bridgehead atoms. The maximum absolute atomic E-state index is 5.90. The van der Waals surface area contributed by atoms with Gasteiger partial charge in [0.05, 0.1) is 5.52 Å². The number of nitrogens with zero attached hydrogens (tertiary/aromatic N) is 1. The van der Waals surface area contributed by atoms with Gasteiger partial charge in [-0.15, -0.1) is 0 Å². The molecule has 23 heavy (non-hydrogen) atoms. The first-order chi connectivity index (χ1) is 11.1. The zero-order valence-electron chi connectivity index (χ0n) is 13.6. The van der Waals surface area contributed by atoms with Gasteiger partial charge in [0.25, 0.3) is 0 Å². The molecule has 3 nitrogen and oxygen atoms in total. The lowest BCUT2D eigenvalue weighted by Crippen LogP contribution is -2.18. The summed E-state index contributed by atoms with van der Waals surface area (Å²) in [4.78, 5) is 4.70. The van der Waals surface area contributed by atoms with Gasteiger partial charge in [0.1, 0.15) is 12.4 Å². The van der Waals surface area contributed by atoms with Crippen LogP contribution in [0.2, 0.25) is 0 Å². The molecule has 0 saturated carbocycles. The number of rotatable bonds is 5. The molecule has 0 aliphatic heterocycles. The van der Waals surface area contributed by atoms with Gasteiger partial charge in [0.15, 0.2) is 0 Å². The lowest BCUT2D eigenvalue weighted by molar-refractivity contribution is 0.306. The van der Waals surface area contributed by atoms with E-state index in [4.69, 9.17) is 15.5 Å². The Kier molecular flexibility index (Phi) is 4.58. The molecule has 0 amide bonds. The van der Waals surface area contributed by atoms with Crippen LogP contribution in [0.4, 0.5) is 0 Å². The van der Waals surface area contributed by atoms with E-state index in [0.29, 0.717) is 6.61 Å². The second-order valence-corrected chi connectivity index (χ2v) is 6.07. The summed E-state index contributed by atoms with van der Waals surface area (Å²) in [5.41, 5.74) is 10.3. The lowest BCUT2D eigenvalue weighted by atomic mass is 10.1. The third kappa shape index (κ3) is 3.88. The predicted molar refractivity (Wildman–Crippen MR) is 94.6 cm³/mol. The molecule has 0 radical (unpaired) electrons. The summed E-state index contributed by atoms with van der Waals surface area (Å²) in [6.45, 7) is 4.68. The third-order valence-corrected chi connectivity index (χ3v) is 3.82. The van der Waals surface area contributed by atoms with Crippen LogP contribution >= 0.6 is 0 Å². The van der Waals surface area contributed by atoms with Crippen molar-refractivity contribution in [2.75, 3.05) is 0 Å². The summed E-state index contributed by atoms with van der Waals surface area (Å²) in [7, 11) is 0. The van der Waals surface area contributed by atoms with Crippen molar-refractivity contribution in [3.8, 4) is 5.75 Å². The fourth-order valence-electron chi connectivity index (χ4n) is 2.71. The molecule has 1 aromatic heterocycles. The molecule has 2 N–H and O–H groups in total. The Morgan fingerprint density at radius 2 is 1.87 bits per heavy atom. The second kappa shape index (κ2) is 6.80. The molecule has 0 aliphatic rings. The Balaban J connectivity index is 1.82. The van der Waals surface area contributed by atoms with Crippen molar-refractivity contribution in [1.82, 2.24) is 4.98 Å².